The van der Waals surface area contributed by atoms with E-state index < -0.39 is 47.7 Å². The van der Waals surface area contributed by atoms with Gasteiger partial charge in [-0.15, -0.1) is 0 Å². The Kier molecular flexibility index (Phi) is 9.70. The molecule has 40 heavy (non-hydrogen) atoms. The number of aliphatic carboxylic acids is 1. The number of amides is 1. The van der Waals surface area contributed by atoms with E-state index in [-0.39, 0.29) is 48.8 Å². The zero-order chi connectivity index (χ0) is 29.9. The van der Waals surface area contributed by atoms with Gasteiger partial charge < -0.3 is 19.9 Å². The van der Waals surface area contributed by atoms with Crippen LogP contribution < -0.4 is 10.6 Å². The molecule has 1 amide bonds. The van der Waals surface area contributed by atoms with Crippen LogP contribution in [-0.4, -0.2) is 67.9 Å². The Bertz CT molecular complexity index is 1230. The minimum atomic E-state index is -2.23. The Balaban J connectivity index is 2.06. The molecule has 1 aliphatic rings. The van der Waals surface area contributed by atoms with Crippen molar-refractivity contribution in [2.24, 2.45) is 29.6 Å². The van der Waals surface area contributed by atoms with Gasteiger partial charge in [-0.05, 0) is 24.7 Å². The zero-order valence-electron chi connectivity index (χ0n) is 24.4. The molecule has 2 aromatic heterocycles. The molecule has 0 bridgehead atoms. The number of esters is 1. The lowest BCUT2D eigenvalue weighted by molar-refractivity contribution is -0.153. The maximum Gasteiger partial charge on any atom is 0.307 e. The van der Waals surface area contributed by atoms with Gasteiger partial charge in [-0.3, -0.25) is 24.3 Å². The highest BCUT2D eigenvalue weighted by molar-refractivity contribution is 5.91. The molecular weight excluding hydrogens is 523 g/mol. The largest absolute Gasteiger partial charge is 0.481 e. The summed E-state index contributed by atoms with van der Waals surface area (Å²) in [5, 5.41) is 15.7. The summed E-state index contributed by atoms with van der Waals surface area (Å²) in [7, 11) is 1.63. The van der Waals surface area contributed by atoms with Crippen LogP contribution in [0.4, 0.5) is 16.2 Å². The first kappa shape index (κ1) is 31.2. The molecule has 1 saturated heterocycles. The molecule has 3 heterocycles. The lowest BCUT2D eigenvalue weighted by atomic mass is 9.73. The number of carboxylic acids is 1. The lowest BCUT2D eigenvalue weighted by Gasteiger charge is -2.33. The summed E-state index contributed by atoms with van der Waals surface area (Å²) in [6.07, 6.45) is -0.628. The van der Waals surface area contributed by atoms with Crippen LogP contribution in [0.1, 0.15) is 67.5 Å². The molecule has 222 valence electrons. The number of imidazole rings is 1. The van der Waals surface area contributed by atoms with E-state index in [1.807, 2.05) is 27.7 Å². The van der Waals surface area contributed by atoms with Gasteiger partial charge in [-0.2, -0.15) is 9.97 Å². The van der Waals surface area contributed by atoms with E-state index in [0.29, 0.717) is 11.3 Å². The van der Waals surface area contributed by atoms with Crippen molar-refractivity contribution in [2.75, 3.05) is 24.3 Å². The summed E-state index contributed by atoms with van der Waals surface area (Å²) in [5.41, 5.74) is -1.74. The second kappa shape index (κ2) is 12.4. The summed E-state index contributed by atoms with van der Waals surface area (Å²) in [6.45, 7) is 11.9. The Morgan fingerprint density at radius 2 is 1.80 bits per heavy atom. The number of nitrogens with one attached hydrogen (secondary N) is 2. The van der Waals surface area contributed by atoms with Gasteiger partial charge in [-0.25, -0.2) is 9.37 Å². The molecule has 1 aliphatic heterocycles. The standard InChI is InChI=1S/C27H41FN6O6/c1-13(2)9-17(35)31-26-32-22(29-8)21-23(33-26)34(12-30-21)25-27(7,28)20(19(15(5)6)24(37)38)16(40-25)11-39-18(36)10-14(3)4/h12-16,19-20,25H,9-11H2,1-8H3,(H,37,38)(H2,29,31,32,33,35)/t16?,19?,20-,25+,27+/m0/s1. The summed E-state index contributed by atoms with van der Waals surface area (Å²) in [6, 6.07) is 0. The van der Waals surface area contributed by atoms with Crippen LogP contribution in [-0.2, 0) is 23.9 Å². The molecule has 0 saturated carbocycles. The summed E-state index contributed by atoms with van der Waals surface area (Å²) in [5.74, 6) is -4.16. The molecule has 0 radical (unpaired) electrons. The monoisotopic (exact) mass is 564 g/mol. The van der Waals surface area contributed by atoms with E-state index in [1.165, 1.54) is 17.8 Å². The molecule has 5 atom stereocenters. The fourth-order valence-electron chi connectivity index (χ4n) is 5.26. The Morgan fingerprint density at radius 1 is 1.15 bits per heavy atom. The topological polar surface area (TPSA) is 158 Å². The van der Waals surface area contributed by atoms with Crippen LogP contribution in [0.25, 0.3) is 11.2 Å². The number of aromatic nitrogens is 4. The van der Waals surface area contributed by atoms with Crippen LogP contribution in [0.15, 0.2) is 6.33 Å². The van der Waals surface area contributed by atoms with E-state index in [9.17, 15) is 19.5 Å². The quantitative estimate of drug-likeness (QED) is 0.321. The number of carboxylic acid groups (broad SMARTS) is 1. The molecule has 12 nitrogen and oxygen atoms in total. The van der Waals surface area contributed by atoms with Crippen molar-refractivity contribution >= 4 is 40.8 Å². The Labute approximate surface area is 233 Å². The van der Waals surface area contributed by atoms with Crippen molar-refractivity contribution in [3.05, 3.63) is 6.33 Å². The summed E-state index contributed by atoms with van der Waals surface area (Å²) < 4.78 is 29.9. The van der Waals surface area contributed by atoms with Gasteiger partial charge in [0.1, 0.15) is 12.7 Å². The van der Waals surface area contributed by atoms with Gasteiger partial charge in [0.15, 0.2) is 28.9 Å². The number of alkyl halides is 1. The van der Waals surface area contributed by atoms with Gasteiger partial charge in [-0.1, -0.05) is 41.5 Å². The second-order valence-electron chi connectivity index (χ2n) is 11.7. The molecule has 2 unspecified atom stereocenters. The number of carbonyl (C=O) groups is 3. The number of hydrogen-bond donors (Lipinski definition) is 3. The predicted octanol–water partition coefficient (Wildman–Crippen LogP) is 4.04. The minimum Gasteiger partial charge on any atom is -0.481 e. The number of carbonyl (C=O) groups excluding carboxylic acids is 2. The normalized spacial score (nSPS) is 23.6. The minimum absolute atomic E-state index is 0.00381. The van der Waals surface area contributed by atoms with Gasteiger partial charge >= 0.3 is 11.9 Å². The fourth-order valence-corrected chi connectivity index (χ4v) is 5.26. The van der Waals surface area contributed by atoms with Crippen molar-refractivity contribution in [2.45, 2.75) is 79.3 Å². The first-order chi connectivity index (χ1) is 18.7. The highest BCUT2D eigenvalue weighted by Gasteiger charge is 2.60. The maximum atomic E-state index is 16.9. The molecule has 3 rings (SSSR count). The van der Waals surface area contributed by atoms with Crippen molar-refractivity contribution in [1.29, 1.82) is 0 Å². The summed E-state index contributed by atoms with van der Waals surface area (Å²) >= 11 is 0. The third kappa shape index (κ3) is 6.68. The van der Waals surface area contributed by atoms with Crippen molar-refractivity contribution in [3.63, 3.8) is 0 Å². The Morgan fingerprint density at radius 3 is 2.35 bits per heavy atom. The van der Waals surface area contributed by atoms with Crippen molar-refractivity contribution in [1.82, 2.24) is 19.5 Å². The highest BCUT2D eigenvalue weighted by atomic mass is 19.1. The number of halogens is 1. The average Bonchev–Trinajstić information content (AvgIpc) is 3.34. The van der Waals surface area contributed by atoms with Gasteiger partial charge in [0.25, 0.3) is 0 Å². The molecule has 13 heteroatoms. The lowest BCUT2D eigenvalue weighted by Crippen LogP contribution is -2.45. The number of rotatable bonds is 12. The SMILES string of the molecule is CNc1nc(NC(=O)CC(C)C)nc2c1ncn2[C@@H]1OC(COC(=O)CC(C)C)[C@@H](C(C(=O)O)C(C)C)[C@@]1(C)F. The van der Waals surface area contributed by atoms with Crippen LogP contribution >= 0.6 is 0 Å². The van der Waals surface area contributed by atoms with E-state index >= 15 is 4.39 Å². The van der Waals surface area contributed by atoms with Gasteiger partial charge in [0, 0.05) is 25.8 Å². The number of ether oxygens (including phenoxy) is 2. The third-order valence-electron chi connectivity index (χ3n) is 6.97. The van der Waals surface area contributed by atoms with Crippen molar-refractivity contribution in [3.8, 4) is 0 Å². The second-order valence-corrected chi connectivity index (χ2v) is 11.7. The van der Waals surface area contributed by atoms with Crippen LogP contribution in [0.3, 0.4) is 0 Å². The van der Waals surface area contributed by atoms with Crippen molar-refractivity contribution < 1.29 is 33.4 Å². The number of hydrogen-bond acceptors (Lipinski definition) is 9. The Hall–Kier alpha value is -3.35. The molecule has 0 aromatic carbocycles. The fraction of sp³-hybridized carbons (Fsp3) is 0.704. The number of fused-ring (bicyclic) bond motifs is 1. The molecule has 2 aromatic rings. The van der Waals surface area contributed by atoms with Crippen LogP contribution in [0.5, 0.6) is 0 Å². The van der Waals surface area contributed by atoms with E-state index in [4.69, 9.17) is 9.47 Å². The van der Waals surface area contributed by atoms with Crippen LogP contribution in [0, 0.1) is 29.6 Å². The predicted molar refractivity (Wildman–Crippen MR) is 146 cm³/mol. The van der Waals surface area contributed by atoms with Gasteiger partial charge in [0.2, 0.25) is 11.9 Å². The summed E-state index contributed by atoms with van der Waals surface area (Å²) in [4.78, 5) is 50.2. The molecule has 0 aliphatic carbocycles. The molecular formula is C27H41FN6O6. The highest BCUT2D eigenvalue weighted by Crippen LogP contribution is 2.51. The zero-order valence-corrected chi connectivity index (χ0v) is 24.4. The first-order valence-electron chi connectivity index (χ1n) is 13.6. The van der Waals surface area contributed by atoms with Gasteiger partial charge in [0.05, 0.1) is 12.2 Å². The molecule has 3 N–H and O–H groups in total. The number of nitrogens with zero attached hydrogens (tertiary/aromatic N) is 4. The average molecular weight is 565 g/mol. The first-order valence-corrected chi connectivity index (χ1v) is 13.6. The molecule has 1 fully saturated rings. The molecule has 0 spiro atoms. The third-order valence-corrected chi connectivity index (χ3v) is 6.97. The number of anilines is 2. The van der Waals surface area contributed by atoms with Crippen LogP contribution in [0.2, 0.25) is 0 Å². The van der Waals surface area contributed by atoms with E-state index in [0.717, 1.165) is 0 Å². The maximum absolute atomic E-state index is 16.9. The van der Waals surface area contributed by atoms with E-state index in [2.05, 4.69) is 25.6 Å². The smallest absolute Gasteiger partial charge is 0.307 e. The van der Waals surface area contributed by atoms with E-state index in [1.54, 1.807) is 20.9 Å².